The van der Waals surface area contributed by atoms with E-state index in [0.717, 1.165) is 18.4 Å². The van der Waals surface area contributed by atoms with Crippen LogP contribution in [0.4, 0.5) is 0 Å². The summed E-state index contributed by atoms with van der Waals surface area (Å²) in [5, 5.41) is 38.6. The van der Waals surface area contributed by atoms with Crippen LogP contribution in [0.15, 0.2) is 51.6 Å². The second-order valence-electron chi connectivity index (χ2n) is 8.54. The lowest BCUT2D eigenvalue weighted by atomic mass is 9.95. The summed E-state index contributed by atoms with van der Waals surface area (Å²) in [6, 6.07) is 8.78. The molecule has 0 atom stereocenters. The molecule has 0 aliphatic rings. The fraction of sp³-hybridized carbons (Fsp3) is 0.259. The van der Waals surface area contributed by atoms with Gasteiger partial charge < -0.3 is 28.5 Å². The minimum absolute atomic E-state index is 0.0435. The third-order valence-corrected chi connectivity index (χ3v) is 6.05. The van der Waals surface area contributed by atoms with Gasteiger partial charge in [-0.2, -0.15) is 0 Å². The Balaban J connectivity index is 1.55. The van der Waals surface area contributed by atoms with Crippen molar-refractivity contribution in [3.05, 3.63) is 60.2 Å². The molecule has 12 heteroatoms. The van der Waals surface area contributed by atoms with E-state index >= 15 is 0 Å². The average Bonchev–Trinajstić information content (AvgIpc) is 3.62. The molecule has 0 saturated heterocycles. The maximum Gasteiger partial charge on any atom is 0.257 e. The van der Waals surface area contributed by atoms with E-state index in [1.54, 1.807) is 42.7 Å². The zero-order valence-corrected chi connectivity index (χ0v) is 21.6. The van der Waals surface area contributed by atoms with Crippen LogP contribution in [0.1, 0.15) is 37.2 Å². The van der Waals surface area contributed by atoms with Gasteiger partial charge in [-0.1, -0.05) is 19.4 Å². The van der Waals surface area contributed by atoms with Gasteiger partial charge in [0.1, 0.15) is 29.2 Å². The Morgan fingerprint density at radius 2 is 1.44 bits per heavy atom. The van der Waals surface area contributed by atoms with E-state index in [1.165, 1.54) is 14.2 Å². The van der Waals surface area contributed by atoms with Gasteiger partial charge in [0.05, 0.1) is 31.0 Å². The topological polar surface area (TPSA) is 163 Å². The number of methoxy groups -OCH3 is 2. The molecule has 1 aromatic carbocycles. The Bertz CT molecular complexity index is 1560. The Morgan fingerprint density at radius 3 is 2.08 bits per heavy atom. The second kappa shape index (κ2) is 11.2. The van der Waals surface area contributed by atoms with E-state index in [4.69, 9.17) is 18.3 Å². The number of hydrogen-bond donors (Lipinski definition) is 2. The zero-order valence-electron chi connectivity index (χ0n) is 21.6. The quantitative estimate of drug-likeness (QED) is 0.258. The number of aromatic hydroxyl groups is 2. The first-order chi connectivity index (χ1) is 19.0. The molecule has 0 saturated carbocycles. The molecule has 0 amide bonds. The molecule has 200 valence electrons. The molecule has 0 spiro atoms. The van der Waals surface area contributed by atoms with Crippen molar-refractivity contribution in [3.8, 4) is 57.2 Å². The predicted octanol–water partition coefficient (Wildman–Crippen LogP) is 4.61. The minimum Gasteiger partial charge on any atom is -0.506 e. The smallest absolute Gasteiger partial charge is 0.257 e. The van der Waals surface area contributed by atoms with Crippen molar-refractivity contribution in [3.63, 3.8) is 0 Å². The van der Waals surface area contributed by atoms with Crippen LogP contribution in [-0.4, -0.2) is 54.8 Å². The number of benzene rings is 1. The molecule has 0 fully saturated rings. The van der Waals surface area contributed by atoms with E-state index in [2.05, 4.69) is 30.4 Å². The molecule has 4 aromatic heterocycles. The van der Waals surface area contributed by atoms with E-state index in [0.29, 0.717) is 40.6 Å². The van der Waals surface area contributed by atoms with Gasteiger partial charge in [0.25, 0.3) is 5.89 Å². The van der Waals surface area contributed by atoms with E-state index in [-0.39, 0.29) is 35.4 Å². The first kappa shape index (κ1) is 25.6. The number of hydrogen-bond acceptors (Lipinski definition) is 12. The van der Waals surface area contributed by atoms with Gasteiger partial charge in [-0.25, -0.2) is 4.98 Å². The highest BCUT2D eigenvalue weighted by Gasteiger charge is 2.29. The summed E-state index contributed by atoms with van der Waals surface area (Å²) in [4.78, 5) is 8.39. The number of nitrogens with zero attached hydrogens (tertiary/aromatic N) is 6. The number of ether oxygens (including phenoxy) is 2. The summed E-state index contributed by atoms with van der Waals surface area (Å²) in [5.74, 6) is 0.789. The van der Waals surface area contributed by atoms with Crippen LogP contribution in [0.5, 0.6) is 23.1 Å². The summed E-state index contributed by atoms with van der Waals surface area (Å²) < 4.78 is 22.6. The highest BCUT2D eigenvalue weighted by atomic mass is 16.5. The first-order valence-electron chi connectivity index (χ1n) is 12.3. The van der Waals surface area contributed by atoms with Crippen LogP contribution < -0.4 is 9.47 Å². The van der Waals surface area contributed by atoms with Gasteiger partial charge in [0, 0.05) is 18.0 Å². The van der Waals surface area contributed by atoms with E-state index in [9.17, 15) is 10.2 Å². The van der Waals surface area contributed by atoms with Crippen molar-refractivity contribution in [2.75, 3.05) is 14.2 Å². The maximum atomic E-state index is 11.5. The molecular formula is C27H26N6O6. The second-order valence-corrected chi connectivity index (χ2v) is 8.54. The zero-order chi connectivity index (χ0) is 27.4. The van der Waals surface area contributed by atoms with Gasteiger partial charge in [-0.15, -0.1) is 20.4 Å². The van der Waals surface area contributed by atoms with Gasteiger partial charge in [-0.3, -0.25) is 4.98 Å². The molecule has 0 radical (unpaired) electrons. The van der Waals surface area contributed by atoms with Crippen molar-refractivity contribution in [1.29, 1.82) is 0 Å². The molecule has 0 bridgehead atoms. The Kier molecular flexibility index (Phi) is 7.34. The number of aromatic nitrogens is 6. The van der Waals surface area contributed by atoms with Crippen LogP contribution in [0.25, 0.3) is 34.0 Å². The van der Waals surface area contributed by atoms with Gasteiger partial charge >= 0.3 is 0 Å². The van der Waals surface area contributed by atoms with Crippen molar-refractivity contribution < 1.29 is 28.5 Å². The molecular weight excluding hydrogens is 504 g/mol. The minimum atomic E-state index is -0.441. The van der Waals surface area contributed by atoms with E-state index in [1.807, 2.05) is 6.92 Å². The monoisotopic (exact) mass is 530 g/mol. The fourth-order valence-electron chi connectivity index (χ4n) is 4.18. The van der Waals surface area contributed by atoms with Crippen LogP contribution in [-0.2, 0) is 12.8 Å². The molecule has 0 aliphatic heterocycles. The number of unbranched alkanes of at least 4 members (excludes halogenated alkanes) is 1. The summed E-state index contributed by atoms with van der Waals surface area (Å²) in [6.45, 7) is 2.04. The van der Waals surface area contributed by atoms with Crippen molar-refractivity contribution >= 4 is 0 Å². The Morgan fingerprint density at radius 1 is 0.795 bits per heavy atom. The third-order valence-electron chi connectivity index (χ3n) is 6.05. The summed E-state index contributed by atoms with van der Waals surface area (Å²) >= 11 is 0. The van der Waals surface area contributed by atoms with Crippen LogP contribution in [0.3, 0.4) is 0 Å². The average molecular weight is 531 g/mol. The van der Waals surface area contributed by atoms with Gasteiger partial charge in [0.15, 0.2) is 0 Å². The molecule has 0 unspecified atom stereocenters. The first-order valence-corrected chi connectivity index (χ1v) is 12.3. The predicted molar refractivity (Wildman–Crippen MR) is 138 cm³/mol. The molecule has 5 rings (SSSR count). The lowest BCUT2D eigenvalue weighted by molar-refractivity contribution is 0.395. The summed E-state index contributed by atoms with van der Waals surface area (Å²) in [5.41, 5.74) is 1.93. The van der Waals surface area contributed by atoms with Gasteiger partial charge in [-0.05, 0) is 37.1 Å². The third kappa shape index (κ3) is 5.08. The SMILES string of the molecule is CCCCc1nc(O)c(-c2nnc(Cc3nnc(-c4ccncc4)o3)o2)c(O)c1-c1c(OC)cccc1OC. The lowest BCUT2D eigenvalue weighted by Gasteiger charge is -2.18. The van der Waals surface area contributed by atoms with Gasteiger partial charge in [0.2, 0.25) is 23.6 Å². The van der Waals surface area contributed by atoms with E-state index < -0.39 is 5.88 Å². The molecule has 2 N–H and O–H groups in total. The highest BCUT2D eigenvalue weighted by Crippen LogP contribution is 2.49. The summed E-state index contributed by atoms with van der Waals surface area (Å²) in [6.07, 6.45) is 5.46. The Hall–Kier alpha value is -5.00. The highest BCUT2D eigenvalue weighted by molar-refractivity contribution is 5.88. The number of rotatable bonds is 10. The molecule has 0 aliphatic carbocycles. The van der Waals surface area contributed by atoms with Crippen molar-refractivity contribution in [2.24, 2.45) is 0 Å². The number of pyridine rings is 2. The van der Waals surface area contributed by atoms with Crippen LogP contribution in [0.2, 0.25) is 0 Å². The molecule has 12 nitrogen and oxygen atoms in total. The normalized spacial score (nSPS) is 11.1. The van der Waals surface area contributed by atoms with Crippen LogP contribution in [0, 0.1) is 0 Å². The number of aryl methyl sites for hydroxylation is 1. The standard InChI is InChI=1S/C27H26N6O6/c1-4-5-7-16-21(22-17(36-2)8-6-9-18(22)37-3)24(34)23(25(35)29-16)27-33-31-20(39-27)14-19-30-32-26(38-19)15-10-12-28-13-11-15/h6,8-13H,4-5,7,14H2,1-3H3,(H2,29,34,35). The lowest BCUT2D eigenvalue weighted by Crippen LogP contribution is -2.01. The van der Waals surface area contributed by atoms with Crippen LogP contribution >= 0.6 is 0 Å². The maximum absolute atomic E-state index is 11.5. The fourth-order valence-corrected chi connectivity index (χ4v) is 4.18. The van der Waals surface area contributed by atoms with Crippen molar-refractivity contribution in [1.82, 2.24) is 30.4 Å². The Labute approximate surface area is 223 Å². The van der Waals surface area contributed by atoms with Crippen molar-refractivity contribution in [2.45, 2.75) is 32.6 Å². The molecule has 39 heavy (non-hydrogen) atoms. The largest absolute Gasteiger partial charge is 0.506 e. The molecule has 5 aromatic rings. The molecule has 4 heterocycles. The summed E-state index contributed by atoms with van der Waals surface area (Å²) in [7, 11) is 3.05.